The van der Waals surface area contributed by atoms with Gasteiger partial charge >= 0.3 is 6.18 Å². The maximum atomic E-state index is 13.1. The van der Waals surface area contributed by atoms with Crippen LogP contribution in [0.4, 0.5) is 13.2 Å². The topological polar surface area (TPSA) is 26.5 Å². The highest BCUT2D eigenvalue weighted by atomic mass is 19.4. The molecule has 2 aromatic heterocycles. The maximum Gasteiger partial charge on any atom is 0.416 e. The van der Waals surface area contributed by atoms with Crippen LogP contribution in [0, 0.1) is 0 Å². The van der Waals surface area contributed by atoms with Crippen LogP contribution in [0.2, 0.25) is 0 Å². The second-order valence-corrected chi connectivity index (χ2v) is 6.60. The number of pyridine rings is 1. The molecule has 1 aromatic carbocycles. The molecule has 3 aromatic rings. The summed E-state index contributed by atoms with van der Waals surface area (Å²) in [6, 6.07) is 9.42. The van der Waals surface area contributed by atoms with Gasteiger partial charge in [-0.1, -0.05) is 32.9 Å². The SMILES string of the molecule is CCC(C)(C)c1ccc(Oc2cc(C(F)(F)F)cc3nccn23)cc1. The molecule has 0 radical (unpaired) electrons. The first kappa shape index (κ1) is 17.3. The number of aromatic nitrogens is 2. The molecule has 0 spiro atoms. The molecular weight excluding hydrogens is 329 g/mol. The minimum absolute atomic E-state index is 0.0341. The predicted molar refractivity (Wildman–Crippen MR) is 90.0 cm³/mol. The van der Waals surface area contributed by atoms with E-state index >= 15 is 0 Å². The van der Waals surface area contributed by atoms with Crippen LogP contribution in [0.1, 0.15) is 38.3 Å². The van der Waals surface area contributed by atoms with Crippen LogP contribution < -0.4 is 4.74 Å². The molecule has 3 rings (SSSR count). The number of ether oxygens (including phenoxy) is 1. The molecule has 25 heavy (non-hydrogen) atoms. The van der Waals surface area contributed by atoms with E-state index in [2.05, 4.69) is 25.8 Å². The van der Waals surface area contributed by atoms with Crippen LogP contribution >= 0.6 is 0 Å². The summed E-state index contributed by atoms with van der Waals surface area (Å²) in [7, 11) is 0. The molecule has 0 fully saturated rings. The Kier molecular flexibility index (Phi) is 4.22. The molecule has 0 atom stereocenters. The summed E-state index contributed by atoms with van der Waals surface area (Å²) >= 11 is 0. The Balaban J connectivity index is 1.96. The molecular formula is C19H19F3N2O. The third-order valence-electron chi connectivity index (χ3n) is 4.54. The van der Waals surface area contributed by atoms with Crippen LogP contribution in [-0.2, 0) is 11.6 Å². The van der Waals surface area contributed by atoms with Gasteiger partial charge in [-0.05, 0) is 35.6 Å². The molecule has 0 N–H and O–H groups in total. The van der Waals surface area contributed by atoms with E-state index < -0.39 is 11.7 Å². The van der Waals surface area contributed by atoms with Gasteiger partial charge in [0.1, 0.15) is 11.4 Å². The van der Waals surface area contributed by atoms with Crippen molar-refractivity contribution < 1.29 is 17.9 Å². The van der Waals surface area contributed by atoms with E-state index in [4.69, 9.17) is 4.74 Å². The highest BCUT2D eigenvalue weighted by Gasteiger charge is 2.32. The van der Waals surface area contributed by atoms with Crippen LogP contribution in [0.25, 0.3) is 5.65 Å². The highest BCUT2D eigenvalue weighted by Crippen LogP contribution is 2.34. The summed E-state index contributed by atoms with van der Waals surface area (Å²) in [5, 5.41) is 0. The summed E-state index contributed by atoms with van der Waals surface area (Å²) < 4.78 is 46.4. The standard InChI is InChI=1S/C19H19F3N2O/c1-4-18(2,3)13-5-7-15(8-6-13)25-17-12-14(19(20,21)22)11-16-23-9-10-24(16)17/h5-12H,4H2,1-3H3. The van der Waals surface area contributed by atoms with Gasteiger partial charge in [0.25, 0.3) is 0 Å². The van der Waals surface area contributed by atoms with Gasteiger partial charge in [-0.25, -0.2) is 4.98 Å². The monoisotopic (exact) mass is 348 g/mol. The van der Waals surface area contributed by atoms with Gasteiger partial charge in [-0.2, -0.15) is 13.2 Å². The molecule has 0 aliphatic heterocycles. The molecule has 0 bridgehead atoms. The molecule has 6 heteroatoms. The molecule has 2 heterocycles. The Morgan fingerprint density at radius 2 is 1.72 bits per heavy atom. The minimum Gasteiger partial charge on any atom is -0.440 e. The van der Waals surface area contributed by atoms with Gasteiger partial charge in [-0.3, -0.25) is 4.40 Å². The summed E-state index contributed by atoms with van der Waals surface area (Å²) in [6.07, 6.45) is -0.466. The molecule has 0 saturated heterocycles. The molecule has 0 amide bonds. The first-order chi connectivity index (χ1) is 11.7. The quantitative estimate of drug-likeness (QED) is 0.593. The van der Waals surface area contributed by atoms with Gasteiger partial charge in [-0.15, -0.1) is 0 Å². The Hall–Kier alpha value is -2.50. The zero-order chi connectivity index (χ0) is 18.2. The summed E-state index contributed by atoms with van der Waals surface area (Å²) in [5.74, 6) is 0.551. The first-order valence-electron chi connectivity index (χ1n) is 8.03. The third-order valence-corrected chi connectivity index (χ3v) is 4.54. The zero-order valence-electron chi connectivity index (χ0n) is 14.3. The third kappa shape index (κ3) is 3.48. The van der Waals surface area contributed by atoms with E-state index in [1.165, 1.54) is 10.6 Å². The lowest BCUT2D eigenvalue weighted by Crippen LogP contribution is -2.14. The number of hydrogen-bond donors (Lipinski definition) is 0. The van der Waals surface area contributed by atoms with E-state index in [0.29, 0.717) is 5.75 Å². The normalized spacial score (nSPS) is 12.6. The second-order valence-electron chi connectivity index (χ2n) is 6.60. The summed E-state index contributed by atoms with van der Waals surface area (Å²) in [6.45, 7) is 6.40. The van der Waals surface area contributed by atoms with Crippen molar-refractivity contribution in [2.45, 2.75) is 38.8 Å². The molecule has 3 nitrogen and oxygen atoms in total. The number of halogens is 3. The number of fused-ring (bicyclic) bond motifs is 1. The lowest BCUT2D eigenvalue weighted by atomic mass is 9.82. The van der Waals surface area contributed by atoms with Gasteiger partial charge < -0.3 is 4.74 Å². The Labute approximate surface area is 144 Å². The average Bonchev–Trinajstić information content (AvgIpc) is 3.03. The van der Waals surface area contributed by atoms with E-state index in [-0.39, 0.29) is 16.9 Å². The van der Waals surface area contributed by atoms with Crippen LogP contribution in [0.3, 0.4) is 0 Å². The molecule has 0 unspecified atom stereocenters. The Morgan fingerprint density at radius 3 is 2.32 bits per heavy atom. The van der Waals surface area contributed by atoms with E-state index in [1.54, 1.807) is 18.3 Å². The van der Waals surface area contributed by atoms with Crippen molar-refractivity contribution in [1.29, 1.82) is 0 Å². The van der Waals surface area contributed by atoms with Gasteiger partial charge in [0.15, 0.2) is 0 Å². The van der Waals surface area contributed by atoms with Crippen LogP contribution in [0.5, 0.6) is 11.6 Å². The molecule has 132 valence electrons. The summed E-state index contributed by atoms with van der Waals surface area (Å²) in [5.41, 5.74) is 0.587. The largest absolute Gasteiger partial charge is 0.440 e. The van der Waals surface area contributed by atoms with Crippen molar-refractivity contribution in [1.82, 2.24) is 9.38 Å². The van der Waals surface area contributed by atoms with Crippen molar-refractivity contribution in [2.75, 3.05) is 0 Å². The lowest BCUT2D eigenvalue weighted by molar-refractivity contribution is -0.137. The van der Waals surface area contributed by atoms with Crippen molar-refractivity contribution in [2.24, 2.45) is 0 Å². The van der Waals surface area contributed by atoms with E-state index in [9.17, 15) is 13.2 Å². The fourth-order valence-corrected chi connectivity index (χ4v) is 2.53. The average molecular weight is 348 g/mol. The fraction of sp³-hybridized carbons (Fsp3) is 0.316. The van der Waals surface area contributed by atoms with Crippen LogP contribution in [-0.4, -0.2) is 9.38 Å². The number of benzene rings is 1. The number of nitrogens with zero attached hydrogens (tertiary/aromatic N) is 2. The van der Waals surface area contributed by atoms with Crippen LogP contribution in [0.15, 0.2) is 48.8 Å². The fourth-order valence-electron chi connectivity index (χ4n) is 2.53. The van der Waals surface area contributed by atoms with Crippen molar-refractivity contribution in [3.63, 3.8) is 0 Å². The number of alkyl halides is 3. The van der Waals surface area contributed by atoms with E-state index in [0.717, 1.165) is 24.1 Å². The number of rotatable bonds is 4. The van der Waals surface area contributed by atoms with Gasteiger partial charge in [0, 0.05) is 18.5 Å². The first-order valence-corrected chi connectivity index (χ1v) is 8.03. The van der Waals surface area contributed by atoms with E-state index in [1.807, 2.05) is 12.1 Å². The minimum atomic E-state index is -4.46. The smallest absolute Gasteiger partial charge is 0.416 e. The Morgan fingerprint density at radius 1 is 1.04 bits per heavy atom. The Bertz CT molecular complexity index is 880. The van der Waals surface area contributed by atoms with Crippen molar-refractivity contribution in [3.05, 3.63) is 59.9 Å². The lowest BCUT2D eigenvalue weighted by Gasteiger charge is -2.23. The highest BCUT2D eigenvalue weighted by molar-refractivity contribution is 5.48. The molecule has 0 saturated carbocycles. The number of hydrogen-bond acceptors (Lipinski definition) is 2. The maximum absolute atomic E-state index is 13.1. The molecule has 0 aliphatic rings. The zero-order valence-corrected chi connectivity index (χ0v) is 14.3. The second kappa shape index (κ2) is 6.10. The summed E-state index contributed by atoms with van der Waals surface area (Å²) in [4.78, 5) is 3.94. The van der Waals surface area contributed by atoms with Crippen molar-refractivity contribution in [3.8, 4) is 11.6 Å². The molecule has 0 aliphatic carbocycles. The predicted octanol–water partition coefficient (Wildman–Crippen LogP) is 5.83. The number of imidazole rings is 1. The van der Waals surface area contributed by atoms with Gasteiger partial charge in [0.2, 0.25) is 5.88 Å². The van der Waals surface area contributed by atoms with Gasteiger partial charge in [0.05, 0.1) is 5.56 Å². The van der Waals surface area contributed by atoms with Crippen molar-refractivity contribution >= 4 is 5.65 Å².